The van der Waals surface area contributed by atoms with Crippen LogP contribution in [0.25, 0.3) is 10.2 Å². The number of aryl methyl sites for hydroxylation is 2. The number of aromatic nitrogens is 2. The predicted molar refractivity (Wildman–Crippen MR) is 98.0 cm³/mol. The first-order valence-corrected chi connectivity index (χ1v) is 10.2. The van der Waals surface area contributed by atoms with Crippen LogP contribution in [0.15, 0.2) is 9.95 Å². The van der Waals surface area contributed by atoms with Gasteiger partial charge in [-0.2, -0.15) is 0 Å². The fourth-order valence-electron chi connectivity index (χ4n) is 3.61. The standard InChI is InChI=1S/C17H21N3O2S2/c1-10(15(21)20-8-3-4-9-20)23-17-18-14-13(16(22)19(17)2)11-6-5-7-12(11)24-14/h10H,3-9H2,1-2H3/t10-/m0/s1. The van der Waals surface area contributed by atoms with Crippen molar-refractivity contribution < 1.29 is 4.79 Å². The van der Waals surface area contributed by atoms with Crippen LogP contribution in [0.4, 0.5) is 0 Å². The molecular weight excluding hydrogens is 342 g/mol. The molecule has 1 amide bonds. The molecule has 1 fully saturated rings. The lowest BCUT2D eigenvalue weighted by Gasteiger charge is -2.20. The summed E-state index contributed by atoms with van der Waals surface area (Å²) in [7, 11) is 1.77. The number of carbonyl (C=O) groups is 1. The van der Waals surface area contributed by atoms with Crippen LogP contribution in [0.2, 0.25) is 0 Å². The Kier molecular flexibility index (Phi) is 4.16. The number of thioether (sulfide) groups is 1. The van der Waals surface area contributed by atoms with E-state index in [1.54, 1.807) is 23.0 Å². The maximum absolute atomic E-state index is 12.8. The number of nitrogens with zero attached hydrogens (tertiary/aromatic N) is 3. The summed E-state index contributed by atoms with van der Waals surface area (Å²) >= 11 is 3.05. The number of thiophene rings is 1. The molecule has 2 aromatic rings. The van der Waals surface area contributed by atoms with Gasteiger partial charge in [0.05, 0.1) is 10.6 Å². The maximum atomic E-state index is 12.8. The van der Waals surface area contributed by atoms with Crippen molar-refractivity contribution in [1.29, 1.82) is 0 Å². The number of amides is 1. The molecule has 1 aliphatic carbocycles. The number of hydrogen-bond acceptors (Lipinski definition) is 5. The average Bonchev–Trinajstić information content (AvgIpc) is 3.27. The molecule has 1 aliphatic heterocycles. The molecule has 0 unspecified atom stereocenters. The topological polar surface area (TPSA) is 55.2 Å². The summed E-state index contributed by atoms with van der Waals surface area (Å²) in [6.07, 6.45) is 5.37. The Morgan fingerprint density at radius 2 is 2.00 bits per heavy atom. The normalized spacial score (nSPS) is 18.3. The van der Waals surface area contributed by atoms with Gasteiger partial charge < -0.3 is 4.90 Å². The van der Waals surface area contributed by atoms with E-state index in [0.717, 1.165) is 55.4 Å². The van der Waals surface area contributed by atoms with Crippen LogP contribution in [0.3, 0.4) is 0 Å². The third-order valence-electron chi connectivity index (χ3n) is 4.95. The van der Waals surface area contributed by atoms with Crippen molar-refractivity contribution >= 4 is 39.2 Å². The van der Waals surface area contributed by atoms with E-state index in [2.05, 4.69) is 0 Å². The van der Waals surface area contributed by atoms with Gasteiger partial charge in [0.15, 0.2) is 5.16 Å². The Morgan fingerprint density at radius 1 is 1.25 bits per heavy atom. The monoisotopic (exact) mass is 363 g/mol. The second-order valence-electron chi connectivity index (χ2n) is 6.59. The van der Waals surface area contributed by atoms with Crippen molar-refractivity contribution in [2.24, 2.45) is 7.05 Å². The molecule has 0 saturated carbocycles. The number of fused-ring (bicyclic) bond motifs is 3. The first kappa shape index (κ1) is 16.1. The summed E-state index contributed by atoms with van der Waals surface area (Å²) in [5, 5.41) is 1.23. The van der Waals surface area contributed by atoms with Crippen LogP contribution in [-0.4, -0.2) is 38.7 Å². The summed E-state index contributed by atoms with van der Waals surface area (Å²) in [6, 6.07) is 0. The minimum Gasteiger partial charge on any atom is -0.342 e. The molecule has 0 N–H and O–H groups in total. The van der Waals surface area contributed by atoms with Crippen molar-refractivity contribution in [3.63, 3.8) is 0 Å². The van der Waals surface area contributed by atoms with Crippen LogP contribution in [-0.2, 0) is 24.7 Å². The SMILES string of the molecule is C[C@H](Sc1nc2sc3c(c2c(=O)n1C)CCC3)C(=O)N1CCCC1. The van der Waals surface area contributed by atoms with Crippen molar-refractivity contribution in [2.45, 2.75) is 49.4 Å². The zero-order chi connectivity index (χ0) is 16.8. The van der Waals surface area contributed by atoms with Crippen LogP contribution < -0.4 is 5.56 Å². The van der Waals surface area contributed by atoms with Gasteiger partial charge in [-0.15, -0.1) is 11.3 Å². The van der Waals surface area contributed by atoms with E-state index >= 15 is 0 Å². The lowest BCUT2D eigenvalue weighted by Crippen LogP contribution is -2.34. The quantitative estimate of drug-likeness (QED) is 0.621. The van der Waals surface area contributed by atoms with E-state index in [1.165, 1.54) is 22.2 Å². The molecule has 0 spiro atoms. The molecule has 0 bridgehead atoms. The van der Waals surface area contributed by atoms with Gasteiger partial charge >= 0.3 is 0 Å². The number of carbonyl (C=O) groups excluding carboxylic acids is 1. The second-order valence-corrected chi connectivity index (χ2v) is 8.98. The van der Waals surface area contributed by atoms with E-state index in [1.807, 2.05) is 11.8 Å². The maximum Gasteiger partial charge on any atom is 0.262 e. The van der Waals surface area contributed by atoms with Crippen LogP contribution in [0.5, 0.6) is 0 Å². The second kappa shape index (κ2) is 6.19. The van der Waals surface area contributed by atoms with Crippen LogP contribution in [0, 0.1) is 0 Å². The molecule has 1 atom stereocenters. The molecule has 1 saturated heterocycles. The van der Waals surface area contributed by atoms with E-state index in [9.17, 15) is 9.59 Å². The van der Waals surface area contributed by atoms with Crippen LogP contribution in [0.1, 0.15) is 36.6 Å². The first-order valence-electron chi connectivity index (χ1n) is 8.53. The van der Waals surface area contributed by atoms with Gasteiger partial charge in [0.2, 0.25) is 5.91 Å². The molecule has 7 heteroatoms. The minimum absolute atomic E-state index is 0.0303. The molecule has 0 aromatic carbocycles. The van der Waals surface area contributed by atoms with Gasteiger partial charge in [-0.1, -0.05) is 11.8 Å². The first-order chi connectivity index (χ1) is 11.6. The summed E-state index contributed by atoms with van der Waals surface area (Å²) < 4.78 is 1.62. The van der Waals surface area contributed by atoms with Crippen molar-refractivity contribution in [2.75, 3.05) is 13.1 Å². The fourth-order valence-corrected chi connectivity index (χ4v) is 5.87. The van der Waals surface area contributed by atoms with Gasteiger partial charge in [-0.05, 0) is 44.6 Å². The van der Waals surface area contributed by atoms with Gasteiger partial charge in [0, 0.05) is 25.0 Å². The largest absolute Gasteiger partial charge is 0.342 e. The van der Waals surface area contributed by atoms with E-state index < -0.39 is 0 Å². The minimum atomic E-state index is -0.217. The molecule has 5 nitrogen and oxygen atoms in total. The van der Waals surface area contributed by atoms with E-state index in [0.29, 0.717) is 5.16 Å². The highest BCUT2D eigenvalue weighted by Gasteiger charge is 2.27. The zero-order valence-electron chi connectivity index (χ0n) is 14.0. The van der Waals surface area contributed by atoms with Crippen molar-refractivity contribution in [1.82, 2.24) is 14.5 Å². The summed E-state index contributed by atoms with van der Waals surface area (Å²) in [5.74, 6) is 0.153. The number of likely N-dealkylation sites (tertiary alicyclic amines) is 1. The van der Waals surface area contributed by atoms with Crippen molar-refractivity contribution in [3.05, 3.63) is 20.8 Å². The number of hydrogen-bond donors (Lipinski definition) is 0. The van der Waals surface area contributed by atoms with Gasteiger partial charge in [0.25, 0.3) is 5.56 Å². The highest BCUT2D eigenvalue weighted by atomic mass is 32.2. The number of rotatable bonds is 3. The van der Waals surface area contributed by atoms with Crippen molar-refractivity contribution in [3.8, 4) is 0 Å². The summed E-state index contributed by atoms with van der Waals surface area (Å²) in [4.78, 5) is 34.1. The molecule has 4 rings (SSSR count). The third kappa shape index (κ3) is 2.58. The van der Waals surface area contributed by atoms with E-state index in [-0.39, 0.29) is 16.7 Å². The van der Waals surface area contributed by atoms with Gasteiger partial charge in [0.1, 0.15) is 4.83 Å². The molecule has 3 heterocycles. The molecular formula is C17H21N3O2S2. The molecule has 128 valence electrons. The Balaban J connectivity index is 1.66. The molecule has 24 heavy (non-hydrogen) atoms. The highest BCUT2D eigenvalue weighted by molar-refractivity contribution is 8.00. The fraction of sp³-hybridized carbons (Fsp3) is 0.588. The molecule has 2 aliphatic rings. The summed E-state index contributed by atoms with van der Waals surface area (Å²) in [5.41, 5.74) is 1.24. The van der Waals surface area contributed by atoms with Crippen LogP contribution >= 0.6 is 23.1 Å². The Morgan fingerprint density at radius 3 is 2.75 bits per heavy atom. The highest BCUT2D eigenvalue weighted by Crippen LogP contribution is 2.36. The average molecular weight is 364 g/mol. The van der Waals surface area contributed by atoms with Gasteiger partial charge in [-0.3, -0.25) is 14.2 Å². The predicted octanol–water partition coefficient (Wildman–Crippen LogP) is 2.59. The lowest BCUT2D eigenvalue weighted by molar-refractivity contribution is -0.129. The third-order valence-corrected chi connectivity index (χ3v) is 7.27. The zero-order valence-corrected chi connectivity index (χ0v) is 15.6. The lowest BCUT2D eigenvalue weighted by atomic mass is 10.2. The van der Waals surface area contributed by atoms with Gasteiger partial charge in [-0.25, -0.2) is 4.98 Å². The summed E-state index contributed by atoms with van der Waals surface area (Å²) in [6.45, 7) is 3.62. The Bertz CT molecular complexity index is 865. The van der Waals surface area contributed by atoms with E-state index in [4.69, 9.17) is 4.98 Å². The smallest absolute Gasteiger partial charge is 0.262 e. The Labute approximate surface area is 149 Å². The molecule has 0 radical (unpaired) electrons. The Hall–Kier alpha value is -1.34. The molecule has 2 aromatic heterocycles.